The Labute approximate surface area is 159 Å². The number of carbonyl (C=O) groups excluding carboxylic acids is 1. The first-order valence-electron chi connectivity index (χ1n) is 9.94. The minimum atomic E-state index is -0.271. The normalized spacial score (nSPS) is 23.7. The summed E-state index contributed by atoms with van der Waals surface area (Å²) >= 11 is 0. The summed E-state index contributed by atoms with van der Waals surface area (Å²) in [6.45, 7) is 4.14. The van der Waals surface area contributed by atoms with E-state index in [1.807, 2.05) is 30.3 Å². The van der Waals surface area contributed by atoms with Crippen LogP contribution in [-0.2, 0) is 40.3 Å². The molecule has 2 aromatic rings. The van der Waals surface area contributed by atoms with Crippen LogP contribution < -0.4 is 0 Å². The lowest BCUT2D eigenvalue weighted by atomic mass is 10.0. The van der Waals surface area contributed by atoms with Crippen molar-refractivity contribution < 1.29 is 14.3 Å². The predicted octanol–water partition coefficient (Wildman–Crippen LogP) is 2.80. The lowest BCUT2D eigenvalue weighted by molar-refractivity contribution is -0.146. The van der Waals surface area contributed by atoms with Gasteiger partial charge in [-0.2, -0.15) is 0 Å². The van der Waals surface area contributed by atoms with Gasteiger partial charge in [0.1, 0.15) is 13.2 Å². The van der Waals surface area contributed by atoms with E-state index in [-0.39, 0.29) is 12.5 Å². The fraction of sp³-hybridized carbons (Fsp3) is 0.571. The Bertz CT molecular complexity index is 774. The van der Waals surface area contributed by atoms with E-state index in [2.05, 4.69) is 17.2 Å². The zero-order chi connectivity index (χ0) is 18.6. The van der Waals surface area contributed by atoms with E-state index in [4.69, 9.17) is 9.47 Å². The molecule has 6 heteroatoms. The molecule has 2 aliphatic rings. The highest BCUT2D eigenvalue weighted by atomic mass is 16.5. The Balaban J connectivity index is 1.33. The van der Waals surface area contributed by atoms with Gasteiger partial charge in [-0.15, -0.1) is 5.10 Å². The lowest BCUT2D eigenvalue weighted by Gasteiger charge is -2.10. The molecule has 1 aromatic heterocycles. The summed E-state index contributed by atoms with van der Waals surface area (Å²) in [5, 5.41) is 8.57. The smallest absolute Gasteiger partial charge is 0.328 e. The van der Waals surface area contributed by atoms with Crippen molar-refractivity contribution in [3.63, 3.8) is 0 Å². The molecule has 4 rings (SSSR count). The van der Waals surface area contributed by atoms with Gasteiger partial charge in [-0.1, -0.05) is 35.5 Å². The number of hydrogen-bond donors (Lipinski definition) is 0. The predicted molar refractivity (Wildman–Crippen MR) is 99.9 cm³/mol. The molecule has 0 N–H and O–H groups in total. The molecule has 0 amide bonds. The maximum absolute atomic E-state index is 12.2. The Morgan fingerprint density at radius 1 is 1.19 bits per heavy atom. The highest BCUT2D eigenvalue weighted by Crippen LogP contribution is 2.52. The number of aryl methyl sites for hydroxylation is 1. The Morgan fingerprint density at radius 2 is 1.96 bits per heavy atom. The van der Waals surface area contributed by atoms with Gasteiger partial charge in [0.25, 0.3) is 0 Å². The van der Waals surface area contributed by atoms with Gasteiger partial charge >= 0.3 is 5.97 Å². The van der Waals surface area contributed by atoms with Crippen LogP contribution in [0.25, 0.3) is 0 Å². The molecule has 0 aliphatic heterocycles. The third-order valence-corrected chi connectivity index (χ3v) is 5.89. The van der Waals surface area contributed by atoms with Gasteiger partial charge in [-0.3, -0.25) is 4.79 Å². The van der Waals surface area contributed by atoms with Crippen LogP contribution in [0.1, 0.15) is 36.7 Å². The fourth-order valence-corrected chi connectivity index (χ4v) is 4.36. The first-order chi connectivity index (χ1) is 13.3. The van der Waals surface area contributed by atoms with Crippen molar-refractivity contribution in [3.8, 4) is 0 Å². The van der Waals surface area contributed by atoms with Crippen LogP contribution in [0.15, 0.2) is 30.3 Å². The van der Waals surface area contributed by atoms with Crippen LogP contribution in [0.2, 0.25) is 0 Å². The molecule has 1 aromatic carbocycles. The highest BCUT2D eigenvalue weighted by Gasteiger charge is 2.49. The van der Waals surface area contributed by atoms with Crippen LogP contribution in [0.5, 0.6) is 0 Å². The number of carbonyl (C=O) groups is 1. The largest absolute Gasteiger partial charge is 0.459 e. The van der Waals surface area contributed by atoms with Crippen LogP contribution in [-0.4, -0.2) is 34.2 Å². The average molecular weight is 369 g/mol. The molecule has 0 saturated heterocycles. The number of ether oxygens (including phenoxy) is 2. The van der Waals surface area contributed by atoms with E-state index in [1.165, 1.54) is 0 Å². The van der Waals surface area contributed by atoms with E-state index in [0.29, 0.717) is 12.5 Å². The van der Waals surface area contributed by atoms with Gasteiger partial charge in [0, 0.05) is 13.2 Å². The van der Waals surface area contributed by atoms with E-state index in [0.717, 1.165) is 67.7 Å². The topological polar surface area (TPSA) is 66.2 Å². The van der Waals surface area contributed by atoms with E-state index in [9.17, 15) is 4.79 Å². The maximum Gasteiger partial charge on any atom is 0.328 e. The molecule has 0 radical (unpaired) electrons. The molecular formula is C21H27N3O3. The molecule has 2 aliphatic carbocycles. The van der Waals surface area contributed by atoms with Gasteiger partial charge in [0.15, 0.2) is 0 Å². The van der Waals surface area contributed by atoms with Crippen molar-refractivity contribution in [1.82, 2.24) is 15.0 Å². The number of benzene rings is 1. The summed E-state index contributed by atoms with van der Waals surface area (Å²) in [4.78, 5) is 12.2. The molecule has 1 saturated carbocycles. The van der Waals surface area contributed by atoms with Crippen LogP contribution in [0, 0.1) is 17.8 Å². The minimum Gasteiger partial charge on any atom is -0.459 e. The number of esters is 1. The van der Waals surface area contributed by atoms with Crippen molar-refractivity contribution in [3.05, 3.63) is 47.3 Å². The number of rotatable bonds is 7. The number of hydrogen-bond acceptors (Lipinski definition) is 5. The Morgan fingerprint density at radius 3 is 2.74 bits per heavy atom. The summed E-state index contributed by atoms with van der Waals surface area (Å²) in [6, 6.07) is 9.72. The molecule has 3 atom stereocenters. The second kappa shape index (κ2) is 8.21. The van der Waals surface area contributed by atoms with Crippen molar-refractivity contribution in [1.29, 1.82) is 0 Å². The van der Waals surface area contributed by atoms with Crippen molar-refractivity contribution in [2.24, 2.45) is 17.8 Å². The molecule has 1 fully saturated rings. The van der Waals surface area contributed by atoms with E-state index in [1.54, 1.807) is 4.68 Å². The monoisotopic (exact) mass is 369 g/mol. The van der Waals surface area contributed by atoms with Gasteiger partial charge in [-0.05, 0) is 55.9 Å². The van der Waals surface area contributed by atoms with Gasteiger partial charge in [0.2, 0.25) is 0 Å². The molecule has 6 nitrogen and oxygen atoms in total. The van der Waals surface area contributed by atoms with Crippen molar-refractivity contribution in [2.75, 3.05) is 13.2 Å². The highest BCUT2D eigenvalue weighted by molar-refractivity contribution is 5.69. The number of nitrogens with zero attached hydrogens (tertiary/aromatic N) is 3. The summed E-state index contributed by atoms with van der Waals surface area (Å²) in [5.41, 5.74) is 3.14. The minimum absolute atomic E-state index is 0.131. The summed E-state index contributed by atoms with van der Waals surface area (Å²) in [5.74, 6) is 1.95. The number of fused-ring (bicyclic) bond motifs is 2. The molecule has 27 heavy (non-hydrogen) atoms. The fourth-order valence-electron chi connectivity index (χ4n) is 4.36. The Kier molecular flexibility index (Phi) is 5.53. The third-order valence-electron chi connectivity index (χ3n) is 5.89. The first-order valence-corrected chi connectivity index (χ1v) is 9.94. The SMILES string of the molecule is CCOCC1C2CCc3nnn(CC(=O)OCc4ccccc4)c3CCC21. The second-order valence-electron chi connectivity index (χ2n) is 7.52. The Hall–Kier alpha value is -2.21. The third kappa shape index (κ3) is 4.21. The lowest BCUT2D eigenvalue weighted by Crippen LogP contribution is -2.17. The van der Waals surface area contributed by atoms with Crippen molar-refractivity contribution in [2.45, 2.75) is 45.8 Å². The standard InChI is InChI=1S/C21H27N3O3/c1-2-26-14-18-16-8-10-19-20(11-9-17(16)18)24(23-22-19)12-21(25)27-13-15-6-4-3-5-7-15/h3-7,16-18H,2,8-14H2,1H3. The van der Waals surface area contributed by atoms with Crippen LogP contribution in [0.4, 0.5) is 0 Å². The van der Waals surface area contributed by atoms with E-state index >= 15 is 0 Å². The quantitative estimate of drug-likeness (QED) is 0.702. The molecule has 0 bridgehead atoms. The van der Waals surface area contributed by atoms with Crippen LogP contribution >= 0.6 is 0 Å². The molecule has 3 unspecified atom stereocenters. The average Bonchev–Trinajstić information content (AvgIpc) is 3.19. The summed E-state index contributed by atoms with van der Waals surface area (Å²) in [7, 11) is 0. The first kappa shape index (κ1) is 18.2. The second-order valence-corrected chi connectivity index (χ2v) is 7.52. The van der Waals surface area contributed by atoms with E-state index < -0.39 is 0 Å². The summed E-state index contributed by atoms with van der Waals surface area (Å²) < 4.78 is 12.8. The van der Waals surface area contributed by atoms with Crippen LogP contribution in [0.3, 0.4) is 0 Å². The zero-order valence-corrected chi connectivity index (χ0v) is 15.8. The van der Waals surface area contributed by atoms with Gasteiger partial charge in [0.05, 0.1) is 11.4 Å². The summed E-state index contributed by atoms with van der Waals surface area (Å²) in [6.07, 6.45) is 4.14. The zero-order valence-electron chi connectivity index (χ0n) is 15.8. The van der Waals surface area contributed by atoms with Crippen molar-refractivity contribution >= 4 is 5.97 Å². The van der Waals surface area contributed by atoms with Gasteiger partial charge < -0.3 is 9.47 Å². The maximum atomic E-state index is 12.2. The molecule has 1 heterocycles. The molecule has 0 spiro atoms. The molecular weight excluding hydrogens is 342 g/mol. The number of aromatic nitrogens is 3. The van der Waals surface area contributed by atoms with Gasteiger partial charge in [-0.25, -0.2) is 4.68 Å². The molecule has 144 valence electrons.